The molecule has 0 saturated heterocycles. The van der Waals surface area contributed by atoms with Gasteiger partial charge in [-0.25, -0.2) is 18.1 Å². The zero-order chi connectivity index (χ0) is 17.9. The summed E-state index contributed by atoms with van der Waals surface area (Å²) in [4.78, 5) is 4.79. The van der Waals surface area contributed by atoms with Crippen LogP contribution in [0.5, 0.6) is 0 Å². The Morgan fingerprint density at radius 1 is 1.16 bits per heavy atom. The third-order valence-electron chi connectivity index (χ3n) is 3.74. The molecule has 0 bridgehead atoms. The van der Waals surface area contributed by atoms with Gasteiger partial charge in [-0.1, -0.05) is 48.5 Å². The summed E-state index contributed by atoms with van der Waals surface area (Å²) in [5, 5.41) is 0. The Morgan fingerprint density at radius 2 is 1.92 bits per heavy atom. The van der Waals surface area contributed by atoms with Crippen molar-refractivity contribution in [3.05, 3.63) is 53.6 Å². The van der Waals surface area contributed by atoms with Crippen LogP contribution in [0.4, 0.5) is 0 Å². The number of aromatic nitrogens is 1. The molecule has 0 atom stereocenters. The van der Waals surface area contributed by atoms with Crippen LogP contribution in [0.1, 0.15) is 18.1 Å². The first-order valence-corrected chi connectivity index (χ1v) is 11.3. The molecule has 0 unspecified atom stereocenters. The second-order valence-corrected chi connectivity index (χ2v) is 9.98. The van der Waals surface area contributed by atoms with E-state index in [0.717, 1.165) is 25.9 Å². The van der Waals surface area contributed by atoms with E-state index in [-0.39, 0.29) is 0 Å². The van der Waals surface area contributed by atoms with Gasteiger partial charge in [0.1, 0.15) is 0 Å². The summed E-state index contributed by atoms with van der Waals surface area (Å²) in [6.45, 7) is 4.49. The minimum atomic E-state index is -3.51. The number of fused-ring (bicyclic) bond motifs is 1. The van der Waals surface area contributed by atoms with Crippen LogP contribution in [-0.4, -0.2) is 25.7 Å². The summed E-state index contributed by atoms with van der Waals surface area (Å²) in [5.41, 5.74) is 3.16. The lowest BCUT2D eigenvalue weighted by atomic mass is 10.1. The Hall–Kier alpha value is -1.41. The molecule has 4 nitrogen and oxygen atoms in total. The monoisotopic (exact) mass is 392 g/mol. The molecule has 132 valence electrons. The van der Waals surface area contributed by atoms with E-state index in [4.69, 9.17) is 0 Å². The maximum atomic E-state index is 12.5. The highest BCUT2D eigenvalue weighted by Gasteiger charge is 2.15. The predicted molar refractivity (Wildman–Crippen MR) is 106 cm³/mol. The molecule has 1 aromatic heterocycles. The van der Waals surface area contributed by atoms with E-state index in [2.05, 4.69) is 16.6 Å². The van der Waals surface area contributed by atoms with Crippen LogP contribution in [-0.2, 0) is 16.4 Å². The molecule has 3 aromatic rings. The van der Waals surface area contributed by atoms with Gasteiger partial charge in [0.2, 0.25) is 10.0 Å². The zero-order valence-corrected chi connectivity index (χ0v) is 16.6. The predicted octanol–water partition coefficient (Wildman–Crippen LogP) is 4.24. The van der Waals surface area contributed by atoms with E-state index in [9.17, 15) is 8.42 Å². The molecule has 1 heterocycles. The van der Waals surface area contributed by atoms with Crippen LogP contribution in [0.25, 0.3) is 10.2 Å². The van der Waals surface area contributed by atoms with Crippen molar-refractivity contribution in [2.24, 2.45) is 0 Å². The fourth-order valence-corrected chi connectivity index (χ4v) is 5.54. The Kier molecular flexibility index (Phi) is 5.78. The Balaban J connectivity index is 1.70. The lowest BCUT2D eigenvalue weighted by Gasteiger charge is -2.07. The zero-order valence-electron chi connectivity index (χ0n) is 14.2. The van der Waals surface area contributed by atoms with Crippen LogP contribution >= 0.6 is 23.1 Å². The molecule has 1 N–H and O–H groups in total. The summed E-state index contributed by atoms with van der Waals surface area (Å²) in [6.07, 6.45) is 0.666. The molecule has 0 aliphatic carbocycles. The third-order valence-corrected chi connectivity index (χ3v) is 7.25. The summed E-state index contributed by atoms with van der Waals surface area (Å²) in [7, 11) is -3.51. The number of thioether (sulfide) groups is 1. The first kappa shape index (κ1) is 18.4. The van der Waals surface area contributed by atoms with E-state index in [1.54, 1.807) is 30.0 Å². The molecule has 25 heavy (non-hydrogen) atoms. The van der Waals surface area contributed by atoms with Gasteiger partial charge in [0.05, 0.1) is 15.1 Å². The number of sulfonamides is 1. The van der Waals surface area contributed by atoms with Gasteiger partial charge in [-0.05, 0) is 42.9 Å². The minimum Gasteiger partial charge on any atom is -0.230 e. The third kappa shape index (κ3) is 4.61. The highest BCUT2D eigenvalue weighted by Crippen LogP contribution is 2.30. The standard InChI is InChI=1S/C18H20N2O2S3/c1-3-23-18-20-16-9-8-15(12-17(16)24-18)25(21,22)19-11-10-14-6-4-13(2)5-7-14/h4-9,12,19H,3,10-11H2,1-2H3. The largest absolute Gasteiger partial charge is 0.240 e. The van der Waals surface area contributed by atoms with Crippen molar-refractivity contribution >= 4 is 43.3 Å². The summed E-state index contributed by atoms with van der Waals surface area (Å²) >= 11 is 3.20. The van der Waals surface area contributed by atoms with Crippen LogP contribution in [0.3, 0.4) is 0 Å². The normalized spacial score (nSPS) is 11.9. The molecule has 0 fully saturated rings. The first-order chi connectivity index (χ1) is 12.0. The molecule has 0 aliphatic rings. The number of nitrogens with zero attached hydrogens (tertiary/aromatic N) is 1. The van der Waals surface area contributed by atoms with Gasteiger partial charge in [0.15, 0.2) is 4.34 Å². The number of hydrogen-bond acceptors (Lipinski definition) is 5. The maximum absolute atomic E-state index is 12.5. The highest BCUT2D eigenvalue weighted by molar-refractivity contribution is 8.01. The number of benzene rings is 2. The fraction of sp³-hybridized carbons (Fsp3) is 0.278. The number of hydrogen-bond donors (Lipinski definition) is 1. The Morgan fingerprint density at radius 3 is 2.64 bits per heavy atom. The first-order valence-electron chi connectivity index (χ1n) is 8.06. The van der Waals surface area contributed by atoms with Gasteiger partial charge in [-0.2, -0.15) is 0 Å². The van der Waals surface area contributed by atoms with E-state index in [1.165, 1.54) is 16.9 Å². The number of thiazole rings is 1. The van der Waals surface area contributed by atoms with Gasteiger partial charge >= 0.3 is 0 Å². The number of aryl methyl sites for hydroxylation is 1. The highest BCUT2D eigenvalue weighted by atomic mass is 32.2. The Bertz CT molecular complexity index is 964. The molecule has 0 aliphatic heterocycles. The molecule has 0 radical (unpaired) electrons. The van der Waals surface area contributed by atoms with Gasteiger partial charge in [0.25, 0.3) is 0 Å². The van der Waals surface area contributed by atoms with Crippen molar-refractivity contribution in [1.82, 2.24) is 9.71 Å². The SMILES string of the molecule is CCSc1nc2ccc(S(=O)(=O)NCCc3ccc(C)cc3)cc2s1. The molecule has 7 heteroatoms. The summed E-state index contributed by atoms with van der Waals surface area (Å²) in [5.74, 6) is 0.950. The summed E-state index contributed by atoms with van der Waals surface area (Å²) in [6, 6.07) is 13.2. The van der Waals surface area contributed by atoms with Gasteiger partial charge in [-0.3, -0.25) is 0 Å². The van der Waals surface area contributed by atoms with Crippen LogP contribution in [0.2, 0.25) is 0 Å². The molecule has 2 aromatic carbocycles. The van der Waals surface area contributed by atoms with Crippen LogP contribution < -0.4 is 4.72 Å². The molecule has 0 amide bonds. The van der Waals surface area contributed by atoms with Crippen LogP contribution in [0, 0.1) is 6.92 Å². The van der Waals surface area contributed by atoms with Crippen molar-refractivity contribution < 1.29 is 8.42 Å². The molecule has 0 saturated carbocycles. The van der Waals surface area contributed by atoms with Crippen molar-refractivity contribution in [1.29, 1.82) is 0 Å². The summed E-state index contributed by atoms with van der Waals surface area (Å²) < 4.78 is 29.6. The molecular weight excluding hydrogens is 372 g/mol. The second-order valence-electron chi connectivity index (χ2n) is 5.68. The lowest BCUT2D eigenvalue weighted by molar-refractivity contribution is 0.582. The Labute approximate surface area is 156 Å². The minimum absolute atomic E-state index is 0.292. The van der Waals surface area contributed by atoms with E-state index >= 15 is 0 Å². The van der Waals surface area contributed by atoms with E-state index in [0.29, 0.717) is 17.9 Å². The van der Waals surface area contributed by atoms with Gasteiger partial charge in [-0.15, -0.1) is 11.3 Å². The molecular formula is C18H20N2O2S3. The average Bonchev–Trinajstić information content (AvgIpc) is 2.98. The smallest absolute Gasteiger partial charge is 0.230 e. The molecule has 0 spiro atoms. The lowest BCUT2D eigenvalue weighted by Crippen LogP contribution is -2.25. The van der Waals surface area contributed by atoms with E-state index in [1.807, 2.05) is 31.2 Å². The fourth-order valence-electron chi connectivity index (χ4n) is 2.40. The van der Waals surface area contributed by atoms with Gasteiger partial charge < -0.3 is 0 Å². The van der Waals surface area contributed by atoms with Crippen molar-refractivity contribution in [2.45, 2.75) is 29.5 Å². The topological polar surface area (TPSA) is 59.1 Å². The maximum Gasteiger partial charge on any atom is 0.240 e. The van der Waals surface area contributed by atoms with Gasteiger partial charge in [0, 0.05) is 6.54 Å². The molecule has 3 rings (SSSR count). The van der Waals surface area contributed by atoms with Crippen LogP contribution in [0.15, 0.2) is 51.7 Å². The van der Waals surface area contributed by atoms with Crippen molar-refractivity contribution in [2.75, 3.05) is 12.3 Å². The van der Waals surface area contributed by atoms with Crippen molar-refractivity contribution in [3.8, 4) is 0 Å². The second kappa shape index (κ2) is 7.86. The number of rotatable bonds is 7. The van der Waals surface area contributed by atoms with Crippen molar-refractivity contribution in [3.63, 3.8) is 0 Å². The number of nitrogens with one attached hydrogen (secondary N) is 1. The quantitative estimate of drug-likeness (QED) is 0.611. The average molecular weight is 393 g/mol. The van der Waals surface area contributed by atoms with E-state index < -0.39 is 10.0 Å².